The number of pyridine rings is 1. The SMILES string of the molecule is Cc1cccc(OCc2nc(C=O)c3c(Br)cccn23)c1. The molecule has 21 heavy (non-hydrogen) atoms. The second-order valence-electron chi connectivity index (χ2n) is 4.71. The number of aldehydes is 1. The molecule has 0 fully saturated rings. The highest BCUT2D eigenvalue weighted by atomic mass is 79.9. The van der Waals surface area contributed by atoms with Crippen LogP contribution in [0.25, 0.3) is 5.52 Å². The number of benzene rings is 1. The maximum Gasteiger partial charge on any atom is 0.170 e. The molecule has 0 amide bonds. The number of hydrogen-bond donors (Lipinski definition) is 0. The fraction of sp³-hybridized carbons (Fsp3) is 0.125. The highest BCUT2D eigenvalue weighted by molar-refractivity contribution is 9.10. The van der Waals surface area contributed by atoms with E-state index in [1.54, 1.807) is 0 Å². The molecule has 3 aromatic rings. The van der Waals surface area contributed by atoms with Crippen molar-refractivity contribution in [2.45, 2.75) is 13.5 Å². The molecule has 0 bridgehead atoms. The molecule has 0 atom stereocenters. The Kier molecular flexibility index (Phi) is 3.75. The van der Waals surface area contributed by atoms with Crippen LogP contribution in [0.1, 0.15) is 21.9 Å². The lowest BCUT2D eigenvalue weighted by molar-refractivity contribution is 0.112. The zero-order valence-electron chi connectivity index (χ0n) is 11.4. The van der Waals surface area contributed by atoms with Gasteiger partial charge in [-0.1, -0.05) is 12.1 Å². The lowest BCUT2D eigenvalue weighted by Gasteiger charge is -2.06. The first-order chi connectivity index (χ1) is 10.2. The molecule has 0 saturated carbocycles. The molecule has 3 rings (SSSR count). The average Bonchev–Trinajstić information content (AvgIpc) is 2.85. The van der Waals surface area contributed by atoms with E-state index < -0.39 is 0 Å². The number of hydrogen-bond acceptors (Lipinski definition) is 3. The van der Waals surface area contributed by atoms with Crippen LogP contribution < -0.4 is 4.74 Å². The summed E-state index contributed by atoms with van der Waals surface area (Å²) in [6, 6.07) is 11.6. The second-order valence-corrected chi connectivity index (χ2v) is 5.57. The summed E-state index contributed by atoms with van der Waals surface area (Å²) in [5, 5.41) is 0. The lowest BCUT2D eigenvalue weighted by Crippen LogP contribution is -2.01. The monoisotopic (exact) mass is 344 g/mol. The van der Waals surface area contributed by atoms with Gasteiger partial charge >= 0.3 is 0 Å². The van der Waals surface area contributed by atoms with E-state index in [2.05, 4.69) is 20.9 Å². The molecule has 5 heteroatoms. The van der Waals surface area contributed by atoms with E-state index in [9.17, 15) is 4.79 Å². The van der Waals surface area contributed by atoms with Crippen LogP contribution in [0.15, 0.2) is 47.1 Å². The van der Waals surface area contributed by atoms with Crippen LogP contribution in [0.3, 0.4) is 0 Å². The Morgan fingerprint density at radius 3 is 2.95 bits per heavy atom. The number of carbonyl (C=O) groups is 1. The molecule has 0 aliphatic heterocycles. The van der Waals surface area contributed by atoms with Gasteiger partial charge in [-0.25, -0.2) is 4.98 Å². The van der Waals surface area contributed by atoms with E-state index in [1.807, 2.05) is 53.9 Å². The first kappa shape index (κ1) is 13.8. The Labute approximate surface area is 130 Å². The van der Waals surface area contributed by atoms with E-state index in [1.165, 1.54) is 0 Å². The number of nitrogens with zero attached hydrogens (tertiary/aromatic N) is 2. The van der Waals surface area contributed by atoms with Crippen molar-refractivity contribution in [2.75, 3.05) is 0 Å². The van der Waals surface area contributed by atoms with Gasteiger partial charge in [0, 0.05) is 10.7 Å². The first-order valence-corrected chi connectivity index (χ1v) is 7.28. The quantitative estimate of drug-likeness (QED) is 0.676. The fourth-order valence-corrected chi connectivity index (χ4v) is 2.77. The van der Waals surface area contributed by atoms with Crippen LogP contribution in [0.5, 0.6) is 5.75 Å². The fourth-order valence-electron chi connectivity index (χ4n) is 2.23. The Morgan fingerprint density at radius 2 is 2.19 bits per heavy atom. The Morgan fingerprint density at radius 1 is 1.33 bits per heavy atom. The van der Waals surface area contributed by atoms with Gasteiger partial charge in [-0.15, -0.1) is 0 Å². The van der Waals surface area contributed by atoms with E-state index in [0.29, 0.717) is 18.1 Å². The number of imidazole rings is 1. The third kappa shape index (κ3) is 2.69. The van der Waals surface area contributed by atoms with Crippen LogP contribution in [-0.4, -0.2) is 15.7 Å². The number of halogens is 1. The number of ether oxygens (including phenoxy) is 1. The molecule has 0 radical (unpaired) electrons. The third-order valence-corrected chi connectivity index (χ3v) is 3.82. The highest BCUT2D eigenvalue weighted by Gasteiger charge is 2.13. The number of fused-ring (bicyclic) bond motifs is 1. The van der Waals surface area contributed by atoms with E-state index in [4.69, 9.17) is 4.74 Å². The van der Waals surface area contributed by atoms with Crippen LogP contribution in [0.2, 0.25) is 0 Å². The summed E-state index contributed by atoms with van der Waals surface area (Å²) in [6.45, 7) is 2.31. The predicted molar refractivity (Wildman–Crippen MR) is 83.8 cm³/mol. The second kappa shape index (κ2) is 5.69. The molecule has 2 aromatic heterocycles. The molecular formula is C16H13BrN2O2. The van der Waals surface area contributed by atoms with Gasteiger partial charge in [0.2, 0.25) is 0 Å². The average molecular weight is 345 g/mol. The summed E-state index contributed by atoms with van der Waals surface area (Å²) in [5.41, 5.74) is 2.30. The topological polar surface area (TPSA) is 43.6 Å². The molecule has 0 spiro atoms. The van der Waals surface area contributed by atoms with Gasteiger partial charge in [0.15, 0.2) is 12.1 Å². The van der Waals surface area contributed by atoms with Gasteiger partial charge in [0.05, 0.1) is 5.52 Å². The number of aryl methyl sites for hydroxylation is 1. The Bertz CT molecular complexity index is 811. The zero-order chi connectivity index (χ0) is 14.8. The standard InChI is InChI=1S/C16H13BrN2O2/c1-11-4-2-5-12(8-11)21-10-15-18-14(9-20)16-13(17)6-3-7-19(15)16/h2-9H,10H2,1H3. The largest absolute Gasteiger partial charge is 0.486 e. The van der Waals surface area contributed by atoms with Crippen molar-refractivity contribution in [3.05, 3.63) is 64.1 Å². The first-order valence-electron chi connectivity index (χ1n) is 6.49. The van der Waals surface area contributed by atoms with Crippen molar-refractivity contribution in [3.63, 3.8) is 0 Å². The van der Waals surface area contributed by atoms with E-state index in [0.717, 1.165) is 27.6 Å². The molecule has 4 nitrogen and oxygen atoms in total. The van der Waals surface area contributed by atoms with Gasteiger partial charge in [-0.3, -0.25) is 9.20 Å². The molecule has 106 valence electrons. The minimum atomic E-state index is 0.301. The highest BCUT2D eigenvalue weighted by Crippen LogP contribution is 2.23. The van der Waals surface area contributed by atoms with Crippen molar-refractivity contribution < 1.29 is 9.53 Å². The van der Waals surface area contributed by atoms with Crippen LogP contribution in [-0.2, 0) is 6.61 Å². The summed E-state index contributed by atoms with van der Waals surface area (Å²) in [4.78, 5) is 15.5. The van der Waals surface area contributed by atoms with Crippen LogP contribution in [0, 0.1) is 6.92 Å². The summed E-state index contributed by atoms with van der Waals surface area (Å²) >= 11 is 3.45. The number of carbonyl (C=O) groups excluding carboxylic acids is 1. The molecule has 0 aliphatic carbocycles. The molecule has 0 aliphatic rings. The van der Waals surface area contributed by atoms with Gasteiger partial charge in [0.1, 0.15) is 18.1 Å². The van der Waals surface area contributed by atoms with Crippen LogP contribution >= 0.6 is 15.9 Å². The normalized spacial score (nSPS) is 10.8. The van der Waals surface area contributed by atoms with Crippen molar-refractivity contribution in [1.29, 1.82) is 0 Å². The number of aromatic nitrogens is 2. The summed E-state index contributed by atoms with van der Waals surface area (Å²) in [6.07, 6.45) is 2.63. The van der Waals surface area contributed by atoms with Crippen molar-refractivity contribution in [3.8, 4) is 5.75 Å². The van der Waals surface area contributed by atoms with Gasteiger partial charge in [0.25, 0.3) is 0 Å². The smallest absolute Gasteiger partial charge is 0.170 e. The van der Waals surface area contributed by atoms with Crippen molar-refractivity contribution in [2.24, 2.45) is 0 Å². The number of rotatable bonds is 4. The minimum absolute atomic E-state index is 0.301. The van der Waals surface area contributed by atoms with Gasteiger partial charge < -0.3 is 4.74 Å². The molecule has 1 aromatic carbocycles. The predicted octanol–water partition coefficient (Wildman–Crippen LogP) is 3.80. The lowest BCUT2D eigenvalue weighted by atomic mass is 10.2. The molecule has 0 unspecified atom stereocenters. The summed E-state index contributed by atoms with van der Waals surface area (Å²) < 4.78 is 8.46. The van der Waals surface area contributed by atoms with Crippen molar-refractivity contribution in [1.82, 2.24) is 9.38 Å². The maximum atomic E-state index is 11.2. The van der Waals surface area contributed by atoms with Crippen LogP contribution in [0.4, 0.5) is 0 Å². The Hall–Kier alpha value is -2.14. The zero-order valence-corrected chi connectivity index (χ0v) is 13.0. The third-order valence-electron chi connectivity index (χ3n) is 3.18. The molecular weight excluding hydrogens is 332 g/mol. The van der Waals surface area contributed by atoms with E-state index in [-0.39, 0.29) is 0 Å². The minimum Gasteiger partial charge on any atom is -0.486 e. The molecule has 0 N–H and O–H groups in total. The van der Waals surface area contributed by atoms with E-state index >= 15 is 0 Å². The maximum absolute atomic E-state index is 11.2. The molecule has 2 heterocycles. The van der Waals surface area contributed by atoms with Gasteiger partial charge in [-0.2, -0.15) is 0 Å². The Balaban J connectivity index is 1.94. The summed E-state index contributed by atoms with van der Waals surface area (Å²) in [5.74, 6) is 1.48. The molecule has 0 saturated heterocycles. The summed E-state index contributed by atoms with van der Waals surface area (Å²) in [7, 11) is 0. The van der Waals surface area contributed by atoms with Gasteiger partial charge in [-0.05, 0) is 52.7 Å². The van der Waals surface area contributed by atoms with Crippen molar-refractivity contribution >= 4 is 27.7 Å².